The van der Waals surface area contributed by atoms with Crippen LogP contribution in [0.3, 0.4) is 0 Å². The van der Waals surface area contributed by atoms with E-state index in [1.54, 1.807) is 6.20 Å². The van der Waals surface area contributed by atoms with E-state index in [-0.39, 0.29) is 6.03 Å². The molecule has 3 heterocycles. The van der Waals surface area contributed by atoms with Crippen LogP contribution in [0.2, 0.25) is 0 Å². The molecule has 2 saturated heterocycles. The van der Waals surface area contributed by atoms with E-state index in [1.807, 2.05) is 34.2 Å². The number of nitrogens with one attached hydrogen (secondary N) is 1. The van der Waals surface area contributed by atoms with Gasteiger partial charge in [0.1, 0.15) is 0 Å². The summed E-state index contributed by atoms with van der Waals surface area (Å²) in [7, 11) is 0. The van der Waals surface area contributed by atoms with Crippen LogP contribution in [0.5, 0.6) is 0 Å². The van der Waals surface area contributed by atoms with Crippen molar-refractivity contribution in [2.45, 2.75) is 31.1 Å². The number of carbonyl (C=O) groups excluding carboxylic acids is 2. The van der Waals surface area contributed by atoms with Crippen LogP contribution in [0, 0.1) is 5.92 Å². The fourth-order valence-corrected chi connectivity index (χ4v) is 4.10. The fourth-order valence-electron chi connectivity index (χ4n) is 4.10. The summed E-state index contributed by atoms with van der Waals surface area (Å²) in [6.07, 6.45) is 6.81. The molecular weight excluding hydrogens is 364 g/mol. The molecule has 2 aromatic rings. The van der Waals surface area contributed by atoms with Crippen molar-refractivity contribution in [2.75, 3.05) is 31.5 Å². The summed E-state index contributed by atoms with van der Waals surface area (Å²) in [6, 6.07) is 12.0. The lowest BCUT2D eigenvalue weighted by Gasteiger charge is -2.40. The predicted molar refractivity (Wildman–Crippen MR) is 111 cm³/mol. The number of benzene rings is 1. The van der Waals surface area contributed by atoms with Gasteiger partial charge in [-0.3, -0.25) is 9.78 Å². The molecular formula is C23H26N4O2. The number of anilines is 1. The number of nitrogens with zero attached hydrogens (tertiary/aromatic N) is 3. The third kappa shape index (κ3) is 3.97. The number of aromatic nitrogens is 1. The second-order valence-electron chi connectivity index (χ2n) is 8.58. The first-order valence-electron chi connectivity index (χ1n) is 10.5. The highest BCUT2D eigenvalue weighted by Crippen LogP contribution is 2.35. The number of hydrogen-bond donors (Lipinski definition) is 1. The van der Waals surface area contributed by atoms with Gasteiger partial charge in [0.2, 0.25) is 5.91 Å². The highest BCUT2D eigenvalue weighted by atomic mass is 16.2. The zero-order chi connectivity index (χ0) is 19.8. The maximum absolute atomic E-state index is 12.4. The first-order valence-corrected chi connectivity index (χ1v) is 10.5. The minimum atomic E-state index is -0.0571. The smallest absolute Gasteiger partial charge is 0.321 e. The van der Waals surface area contributed by atoms with Crippen LogP contribution in [0.15, 0.2) is 48.8 Å². The Kier molecular flexibility index (Phi) is 4.70. The Morgan fingerprint density at radius 3 is 2.28 bits per heavy atom. The lowest BCUT2D eigenvalue weighted by molar-refractivity contribution is -0.136. The lowest BCUT2D eigenvalue weighted by Crippen LogP contribution is -2.50. The summed E-state index contributed by atoms with van der Waals surface area (Å²) >= 11 is 0. The molecule has 3 fully saturated rings. The van der Waals surface area contributed by atoms with Gasteiger partial charge >= 0.3 is 6.03 Å². The number of amides is 3. The van der Waals surface area contributed by atoms with E-state index in [9.17, 15) is 9.59 Å². The van der Waals surface area contributed by atoms with E-state index in [4.69, 9.17) is 0 Å². The van der Waals surface area contributed by atoms with E-state index < -0.39 is 0 Å². The van der Waals surface area contributed by atoms with Crippen molar-refractivity contribution in [2.24, 2.45) is 5.92 Å². The molecule has 1 aromatic heterocycles. The Morgan fingerprint density at radius 2 is 1.62 bits per heavy atom. The van der Waals surface area contributed by atoms with E-state index in [2.05, 4.69) is 28.5 Å². The van der Waals surface area contributed by atoms with Gasteiger partial charge in [-0.15, -0.1) is 0 Å². The summed E-state index contributed by atoms with van der Waals surface area (Å²) in [5, 5.41) is 2.98. The van der Waals surface area contributed by atoms with Crippen LogP contribution < -0.4 is 5.32 Å². The van der Waals surface area contributed by atoms with Gasteiger partial charge in [0, 0.05) is 62.5 Å². The average molecular weight is 390 g/mol. The van der Waals surface area contributed by atoms with Crippen LogP contribution in [0.1, 0.15) is 42.2 Å². The summed E-state index contributed by atoms with van der Waals surface area (Å²) in [5.74, 6) is 1.75. The Labute approximate surface area is 170 Å². The molecule has 0 unspecified atom stereocenters. The topological polar surface area (TPSA) is 65.5 Å². The van der Waals surface area contributed by atoms with Crippen molar-refractivity contribution >= 4 is 17.6 Å². The lowest BCUT2D eigenvalue weighted by atomic mass is 9.91. The molecule has 2 aliphatic heterocycles. The van der Waals surface area contributed by atoms with Crippen molar-refractivity contribution < 1.29 is 9.59 Å². The summed E-state index contributed by atoms with van der Waals surface area (Å²) in [4.78, 5) is 32.5. The molecule has 0 spiro atoms. The van der Waals surface area contributed by atoms with Crippen molar-refractivity contribution in [3.05, 3.63) is 59.9 Å². The van der Waals surface area contributed by atoms with Crippen molar-refractivity contribution in [1.29, 1.82) is 0 Å². The molecule has 5 rings (SSSR count). The molecule has 6 heteroatoms. The molecule has 1 N–H and O–H groups in total. The molecule has 0 bridgehead atoms. The molecule has 150 valence electrons. The fraction of sp³-hybridized carbons (Fsp3) is 0.435. The SMILES string of the molecule is O=C(CC1CC1)N1CC(c2ccc(NC(=O)N3CC(c4cccnc4)C3)cc2)C1. The first kappa shape index (κ1) is 18.2. The number of rotatable bonds is 5. The Morgan fingerprint density at radius 1 is 0.931 bits per heavy atom. The molecule has 29 heavy (non-hydrogen) atoms. The van der Waals surface area contributed by atoms with E-state index >= 15 is 0 Å². The third-order valence-corrected chi connectivity index (χ3v) is 6.35. The highest BCUT2D eigenvalue weighted by molar-refractivity contribution is 5.90. The van der Waals surface area contributed by atoms with Gasteiger partial charge in [-0.1, -0.05) is 18.2 Å². The van der Waals surface area contributed by atoms with Crippen molar-refractivity contribution in [1.82, 2.24) is 14.8 Å². The van der Waals surface area contributed by atoms with Gasteiger partial charge < -0.3 is 15.1 Å². The summed E-state index contributed by atoms with van der Waals surface area (Å²) in [5.41, 5.74) is 3.23. The van der Waals surface area contributed by atoms with Crippen LogP contribution in [-0.4, -0.2) is 52.9 Å². The zero-order valence-corrected chi connectivity index (χ0v) is 16.5. The molecule has 3 amide bonds. The summed E-state index contributed by atoms with van der Waals surface area (Å²) < 4.78 is 0. The van der Waals surface area contributed by atoms with Crippen LogP contribution >= 0.6 is 0 Å². The second-order valence-corrected chi connectivity index (χ2v) is 8.58. The number of urea groups is 1. The standard InChI is InChI=1S/C23H26N4O2/c28-22(10-16-3-4-16)26-12-19(13-26)17-5-7-21(8-6-17)25-23(29)27-14-20(15-27)18-2-1-9-24-11-18/h1-2,5-9,11,16,19-20H,3-4,10,12-15H2,(H,25,29). The van der Waals surface area contributed by atoms with Crippen LogP contribution in [0.4, 0.5) is 10.5 Å². The molecule has 6 nitrogen and oxygen atoms in total. The van der Waals surface area contributed by atoms with E-state index in [0.717, 1.165) is 38.3 Å². The van der Waals surface area contributed by atoms with Gasteiger partial charge in [-0.2, -0.15) is 0 Å². The number of likely N-dealkylation sites (tertiary alicyclic amines) is 2. The van der Waals surface area contributed by atoms with Gasteiger partial charge in [-0.05, 0) is 48.1 Å². The molecule has 1 aliphatic carbocycles. The zero-order valence-electron chi connectivity index (χ0n) is 16.5. The Bertz CT molecular complexity index is 883. The second kappa shape index (κ2) is 7.50. The minimum Gasteiger partial charge on any atom is -0.341 e. The number of carbonyl (C=O) groups is 2. The van der Waals surface area contributed by atoms with Crippen LogP contribution in [-0.2, 0) is 4.79 Å². The maximum Gasteiger partial charge on any atom is 0.321 e. The minimum absolute atomic E-state index is 0.0571. The number of hydrogen-bond acceptors (Lipinski definition) is 3. The normalized spacial score (nSPS) is 19.4. The highest BCUT2D eigenvalue weighted by Gasteiger charge is 2.35. The van der Waals surface area contributed by atoms with E-state index in [1.165, 1.54) is 24.0 Å². The maximum atomic E-state index is 12.4. The van der Waals surface area contributed by atoms with Gasteiger partial charge in [0.25, 0.3) is 0 Å². The Hall–Kier alpha value is -2.89. The van der Waals surface area contributed by atoms with Gasteiger partial charge in [0.15, 0.2) is 0 Å². The Balaban J connectivity index is 1.08. The first-order chi connectivity index (χ1) is 14.2. The van der Waals surface area contributed by atoms with Gasteiger partial charge in [0.05, 0.1) is 0 Å². The summed E-state index contributed by atoms with van der Waals surface area (Å²) in [6.45, 7) is 3.09. The largest absolute Gasteiger partial charge is 0.341 e. The van der Waals surface area contributed by atoms with Gasteiger partial charge in [-0.25, -0.2) is 4.79 Å². The molecule has 0 atom stereocenters. The number of pyridine rings is 1. The van der Waals surface area contributed by atoms with Crippen molar-refractivity contribution in [3.63, 3.8) is 0 Å². The van der Waals surface area contributed by atoms with Crippen molar-refractivity contribution in [3.8, 4) is 0 Å². The van der Waals surface area contributed by atoms with E-state index in [0.29, 0.717) is 23.7 Å². The average Bonchev–Trinajstić information content (AvgIpc) is 3.45. The monoisotopic (exact) mass is 390 g/mol. The third-order valence-electron chi connectivity index (χ3n) is 6.35. The predicted octanol–water partition coefficient (Wildman–Crippen LogP) is 3.44. The quantitative estimate of drug-likeness (QED) is 0.851. The molecule has 1 aromatic carbocycles. The molecule has 3 aliphatic rings. The molecule has 1 saturated carbocycles. The molecule has 0 radical (unpaired) electrons. The van der Waals surface area contributed by atoms with Crippen LogP contribution in [0.25, 0.3) is 0 Å².